The topological polar surface area (TPSA) is 41.1 Å². The zero-order valence-electron chi connectivity index (χ0n) is 9.50. The zero-order chi connectivity index (χ0) is 11.3. The Hall–Kier alpha value is -1.35. The van der Waals surface area contributed by atoms with Crippen LogP contribution >= 0.6 is 0 Å². The van der Waals surface area contributed by atoms with Gasteiger partial charge in [-0.25, -0.2) is 0 Å². The fourth-order valence-electron chi connectivity index (χ4n) is 1.29. The summed E-state index contributed by atoms with van der Waals surface area (Å²) < 4.78 is 0. The van der Waals surface area contributed by atoms with Gasteiger partial charge in [0.25, 0.3) is 0 Å². The van der Waals surface area contributed by atoms with Crippen LogP contribution in [0.4, 0.5) is 0 Å². The molecule has 0 saturated heterocycles. The first-order chi connectivity index (χ1) is 7.13. The Morgan fingerprint density at radius 1 is 1.33 bits per heavy atom. The molecule has 0 aromatic heterocycles. The van der Waals surface area contributed by atoms with Crippen molar-refractivity contribution in [1.29, 1.82) is 0 Å². The standard InChI is InChI=1S/C12H18N2O/c1-9-4-6-11(7-5-9)8-14-10(2)12(15)13-3/h4-7,10,14H,8H2,1-3H3,(H,13,15). The number of amides is 1. The minimum absolute atomic E-state index is 0.0158. The molecule has 0 aliphatic carbocycles. The Labute approximate surface area is 90.9 Å². The van der Waals surface area contributed by atoms with E-state index in [1.165, 1.54) is 11.1 Å². The van der Waals surface area contributed by atoms with Gasteiger partial charge in [0.2, 0.25) is 5.91 Å². The molecular formula is C12H18N2O. The molecule has 0 spiro atoms. The molecule has 0 bridgehead atoms. The monoisotopic (exact) mass is 206 g/mol. The first-order valence-electron chi connectivity index (χ1n) is 5.14. The van der Waals surface area contributed by atoms with Crippen LogP contribution in [0.1, 0.15) is 18.1 Å². The van der Waals surface area contributed by atoms with Gasteiger partial charge in [-0.15, -0.1) is 0 Å². The number of hydrogen-bond acceptors (Lipinski definition) is 2. The third kappa shape index (κ3) is 3.72. The summed E-state index contributed by atoms with van der Waals surface area (Å²) in [4.78, 5) is 11.2. The van der Waals surface area contributed by atoms with Crippen LogP contribution in [0, 0.1) is 6.92 Å². The summed E-state index contributed by atoms with van der Waals surface area (Å²) in [6, 6.07) is 8.12. The minimum atomic E-state index is -0.156. The predicted molar refractivity (Wildman–Crippen MR) is 61.5 cm³/mol. The lowest BCUT2D eigenvalue weighted by molar-refractivity contribution is -0.122. The van der Waals surface area contributed by atoms with Gasteiger partial charge in [-0.3, -0.25) is 4.79 Å². The van der Waals surface area contributed by atoms with Crippen molar-refractivity contribution in [3.05, 3.63) is 35.4 Å². The van der Waals surface area contributed by atoms with Gasteiger partial charge in [0.1, 0.15) is 0 Å². The van der Waals surface area contributed by atoms with Gasteiger partial charge in [-0.1, -0.05) is 29.8 Å². The Balaban J connectivity index is 2.43. The average Bonchev–Trinajstić information content (AvgIpc) is 2.26. The molecule has 0 aliphatic rings. The van der Waals surface area contributed by atoms with Crippen LogP contribution in [0.5, 0.6) is 0 Å². The van der Waals surface area contributed by atoms with E-state index in [-0.39, 0.29) is 11.9 Å². The van der Waals surface area contributed by atoms with Crippen molar-refractivity contribution in [2.75, 3.05) is 7.05 Å². The molecule has 2 N–H and O–H groups in total. The molecule has 3 heteroatoms. The zero-order valence-corrected chi connectivity index (χ0v) is 9.50. The molecule has 0 fully saturated rings. The fourth-order valence-corrected chi connectivity index (χ4v) is 1.29. The highest BCUT2D eigenvalue weighted by Gasteiger charge is 2.08. The number of nitrogens with one attached hydrogen (secondary N) is 2. The largest absolute Gasteiger partial charge is 0.358 e. The van der Waals surface area contributed by atoms with Gasteiger partial charge in [-0.2, -0.15) is 0 Å². The van der Waals surface area contributed by atoms with Crippen molar-refractivity contribution in [3.8, 4) is 0 Å². The molecule has 3 nitrogen and oxygen atoms in total. The van der Waals surface area contributed by atoms with Gasteiger partial charge in [0.05, 0.1) is 6.04 Å². The minimum Gasteiger partial charge on any atom is -0.358 e. The maximum absolute atomic E-state index is 11.2. The van der Waals surface area contributed by atoms with Gasteiger partial charge in [-0.05, 0) is 19.4 Å². The third-order valence-electron chi connectivity index (χ3n) is 2.37. The van der Waals surface area contributed by atoms with Crippen molar-refractivity contribution in [3.63, 3.8) is 0 Å². The van der Waals surface area contributed by atoms with Gasteiger partial charge >= 0.3 is 0 Å². The molecule has 0 saturated carbocycles. The number of hydrogen-bond donors (Lipinski definition) is 2. The maximum atomic E-state index is 11.2. The lowest BCUT2D eigenvalue weighted by atomic mass is 10.1. The van der Waals surface area contributed by atoms with E-state index in [1.54, 1.807) is 7.05 Å². The Kier molecular flexibility index (Phi) is 4.31. The second-order valence-electron chi connectivity index (χ2n) is 3.70. The number of rotatable bonds is 4. The van der Waals surface area contributed by atoms with Gasteiger partial charge in [0.15, 0.2) is 0 Å². The highest BCUT2D eigenvalue weighted by molar-refractivity contribution is 5.80. The first kappa shape index (κ1) is 11.7. The van der Waals surface area contributed by atoms with Crippen molar-refractivity contribution in [2.45, 2.75) is 26.4 Å². The van der Waals surface area contributed by atoms with Gasteiger partial charge < -0.3 is 10.6 Å². The van der Waals surface area contributed by atoms with Crippen LogP contribution in [-0.2, 0) is 11.3 Å². The van der Waals surface area contributed by atoms with Crippen LogP contribution in [0.25, 0.3) is 0 Å². The Bertz CT molecular complexity index is 319. The summed E-state index contributed by atoms with van der Waals surface area (Å²) in [5.74, 6) is 0.0158. The van der Waals surface area contributed by atoms with Crippen LogP contribution in [-0.4, -0.2) is 19.0 Å². The maximum Gasteiger partial charge on any atom is 0.236 e. The number of aryl methyl sites for hydroxylation is 1. The summed E-state index contributed by atoms with van der Waals surface area (Å²) in [6.07, 6.45) is 0. The van der Waals surface area contributed by atoms with E-state index in [9.17, 15) is 4.79 Å². The molecule has 1 amide bonds. The van der Waals surface area contributed by atoms with Gasteiger partial charge in [0, 0.05) is 13.6 Å². The van der Waals surface area contributed by atoms with Crippen molar-refractivity contribution >= 4 is 5.91 Å². The molecule has 1 unspecified atom stereocenters. The molecule has 0 heterocycles. The van der Waals surface area contributed by atoms with Crippen LogP contribution < -0.4 is 10.6 Å². The van der Waals surface area contributed by atoms with E-state index >= 15 is 0 Å². The molecular weight excluding hydrogens is 188 g/mol. The number of carbonyl (C=O) groups is 1. The van der Waals surface area contributed by atoms with Crippen LogP contribution in [0.3, 0.4) is 0 Å². The third-order valence-corrected chi connectivity index (χ3v) is 2.37. The number of likely N-dealkylation sites (N-methyl/N-ethyl adjacent to an activating group) is 1. The van der Waals surface area contributed by atoms with E-state index < -0.39 is 0 Å². The molecule has 1 aromatic rings. The van der Waals surface area contributed by atoms with Crippen LogP contribution in [0.2, 0.25) is 0 Å². The van der Waals surface area contributed by atoms with Crippen molar-refractivity contribution in [1.82, 2.24) is 10.6 Å². The Morgan fingerprint density at radius 3 is 2.47 bits per heavy atom. The van der Waals surface area contributed by atoms with Crippen molar-refractivity contribution in [2.24, 2.45) is 0 Å². The van der Waals surface area contributed by atoms with Crippen LogP contribution in [0.15, 0.2) is 24.3 Å². The second kappa shape index (κ2) is 5.51. The van der Waals surface area contributed by atoms with E-state index in [0.717, 1.165) is 6.54 Å². The molecule has 1 rings (SSSR count). The number of benzene rings is 1. The predicted octanol–water partition coefficient (Wildman–Crippen LogP) is 1.22. The lowest BCUT2D eigenvalue weighted by Crippen LogP contribution is -2.40. The average molecular weight is 206 g/mol. The summed E-state index contributed by atoms with van der Waals surface area (Å²) in [6.45, 7) is 4.63. The molecule has 0 aliphatic heterocycles. The highest BCUT2D eigenvalue weighted by Crippen LogP contribution is 2.02. The quantitative estimate of drug-likeness (QED) is 0.777. The van der Waals surface area contributed by atoms with Crippen molar-refractivity contribution < 1.29 is 4.79 Å². The molecule has 82 valence electrons. The molecule has 1 atom stereocenters. The highest BCUT2D eigenvalue weighted by atomic mass is 16.2. The summed E-state index contributed by atoms with van der Waals surface area (Å²) in [5, 5.41) is 5.77. The fraction of sp³-hybridized carbons (Fsp3) is 0.417. The van der Waals surface area contributed by atoms with E-state index in [2.05, 4.69) is 41.8 Å². The SMILES string of the molecule is CNC(=O)C(C)NCc1ccc(C)cc1. The second-order valence-corrected chi connectivity index (χ2v) is 3.70. The molecule has 1 aromatic carbocycles. The van der Waals surface area contributed by atoms with E-state index in [0.29, 0.717) is 0 Å². The summed E-state index contributed by atoms with van der Waals surface area (Å²) in [7, 11) is 1.65. The van der Waals surface area contributed by atoms with E-state index in [4.69, 9.17) is 0 Å². The number of carbonyl (C=O) groups excluding carboxylic acids is 1. The smallest absolute Gasteiger partial charge is 0.236 e. The summed E-state index contributed by atoms with van der Waals surface area (Å²) in [5.41, 5.74) is 2.44. The molecule has 0 radical (unpaired) electrons. The van der Waals surface area contributed by atoms with E-state index in [1.807, 2.05) is 6.92 Å². The lowest BCUT2D eigenvalue weighted by Gasteiger charge is -2.12. The summed E-state index contributed by atoms with van der Waals surface area (Å²) >= 11 is 0. The Morgan fingerprint density at radius 2 is 1.93 bits per heavy atom. The normalized spacial score (nSPS) is 12.2. The first-order valence-corrected chi connectivity index (χ1v) is 5.14. The molecule has 15 heavy (non-hydrogen) atoms.